The van der Waals surface area contributed by atoms with Gasteiger partial charge in [0, 0.05) is 7.05 Å². The lowest BCUT2D eigenvalue weighted by Crippen LogP contribution is -1.99. The van der Waals surface area contributed by atoms with E-state index in [4.69, 9.17) is 0 Å². The van der Waals surface area contributed by atoms with Gasteiger partial charge in [0.2, 0.25) is 0 Å². The lowest BCUT2D eigenvalue weighted by Gasteiger charge is -2.02. The summed E-state index contributed by atoms with van der Waals surface area (Å²) in [7, 11) is 1.84. The van der Waals surface area contributed by atoms with Crippen molar-refractivity contribution < 1.29 is 5.11 Å². The number of hydrogen-bond donors (Lipinski definition) is 0. The number of imidazole rings is 1. The molecule has 0 aliphatic rings. The average Bonchev–Trinajstić information content (AvgIpc) is 2.11. The van der Waals surface area contributed by atoms with Gasteiger partial charge in [0.05, 0.1) is 17.7 Å². The van der Waals surface area contributed by atoms with Gasteiger partial charge < -0.3 is 4.57 Å². The van der Waals surface area contributed by atoms with Crippen LogP contribution in [0.15, 0.2) is 6.33 Å². The Kier molecular flexibility index (Phi) is 1.76. The highest BCUT2D eigenvalue weighted by atomic mass is 16.3. The Morgan fingerprint density at radius 3 is 2.50 bits per heavy atom. The summed E-state index contributed by atoms with van der Waals surface area (Å²) in [4.78, 5) is 4.00. The van der Waals surface area contributed by atoms with E-state index in [0.717, 1.165) is 11.4 Å². The second-order valence-electron chi connectivity index (χ2n) is 2.47. The van der Waals surface area contributed by atoms with Crippen LogP contribution >= 0.6 is 0 Å². The van der Waals surface area contributed by atoms with Crippen LogP contribution in [0.25, 0.3) is 0 Å². The summed E-state index contributed by atoms with van der Waals surface area (Å²) in [5, 5.41) is 11.0. The van der Waals surface area contributed by atoms with Crippen molar-refractivity contribution in [2.24, 2.45) is 7.05 Å². The molecule has 0 aliphatic heterocycles. The highest BCUT2D eigenvalue weighted by molar-refractivity contribution is 5.12. The molecule has 55 valence electrons. The van der Waals surface area contributed by atoms with Gasteiger partial charge >= 0.3 is 0 Å². The van der Waals surface area contributed by atoms with Gasteiger partial charge in [0.1, 0.15) is 6.10 Å². The Balaban J connectivity index is 3.10. The minimum absolute atomic E-state index is 0.674. The summed E-state index contributed by atoms with van der Waals surface area (Å²) in [6.07, 6.45) is 0.992. The van der Waals surface area contributed by atoms with Gasteiger partial charge in [-0.2, -0.15) is 0 Å². The largest absolute Gasteiger partial charge is 0.335 e. The molecule has 0 aromatic carbocycles. The molecular formula is C7H11N2O. The molecule has 1 aromatic rings. The van der Waals surface area contributed by atoms with E-state index in [1.54, 1.807) is 17.8 Å². The molecule has 0 amide bonds. The van der Waals surface area contributed by atoms with Crippen molar-refractivity contribution in [3.05, 3.63) is 17.7 Å². The highest BCUT2D eigenvalue weighted by Crippen LogP contribution is 2.14. The molecule has 3 heteroatoms. The number of rotatable bonds is 1. The molecule has 0 fully saturated rings. The molecular weight excluding hydrogens is 128 g/mol. The Morgan fingerprint density at radius 2 is 2.30 bits per heavy atom. The number of hydrogen-bond acceptors (Lipinski definition) is 1. The molecule has 0 saturated carbocycles. The Morgan fingerprint density at radius 1 is 1.70 bits per heavy atom. The number of aromatic nitrogens is 2. The smallest absolute Gasteiger partial charge is 0.132 e. The molecule has 0 spiro atoms. The van der Waals surface area contributed by atoms with Crippen molar-refractivity contribution in [3.63, 3.8) is 0 Å². The first-order valence-electron chi connectivity index (χ1n) is 3.26. The average molecular weight is 139 g/mol. The molecule has 10 heavy (non-hydrogen) atoms. The maximum atomic E-state index is 11.0. The van der Waals surface area contributed by atoms with Crippen LogP contribution in [0.5, 0.6) is 0 Å². The quantitative estimate of drug-likeness (QED) is 0.576. The summed E-state index contributed by atoms with van der Waals surface area (Å²) in [6.45, 7) is 3.48. The van der Waals surface area contributed by atoms with E-state index in [1.807, 2.05) is 14.0 Å². The van der Waals surface area contributed by atoms with Crippen molar-refractivity contribution in [2.75, 3.05) is 0 Å². The van der Waals surface area contributed by atoms with Gasteiger partial charge in [-0.3, -0.25) is 0 Å². The topological polar surface area (TPSA) is 37.7 Å². The molecule has 1 atom stereocenters. The van der Waals surface area contributed by atoms with Crippen LogP contribution in [-0.4, -0.2) is 9.55 Å². The molecule has 0 bridgehead atoms. The summed E-state index contributed by atoms with van der Waals surface area (Å²) in [5.41, 5.74) is 1.62. The molecule has 1 aromatic heterocycles. The van der Waals surface area contributed by atoms with Crippen LogP contribution in [0.3, 0.4) is 0 Å². The van der Waals surface area contributed by atoms with Gasteiger partial charge in [-0.1, -0.05) is 0 Å². The summed E-state index contributed by atoms with van der Waals surface area (Å²) >= 11 is 0. The molecule has 3 nitrogen and oxygen atoms in total. The van der Waals surface area contributed by atoms with E-state index < -0.39 is 6.10 Å². The van der Waals surface area contributed by atoms with Gasteiger partial charge in [-0.05, 0) is 13.8 Å². The standard InChI is InChI=1S/C7H11N2O/c1-5-7(6(2)10)9(3)4-8-5/h4,6H,1-3H3. The first-order valence-corrected chi connectivity index (χ1v) is 3.26. The Hall–Kier alpha value is -0.830. The summed E-state index contributed by atoms with van der Waals surface area (Å²) < 4.78 is 1.77. The third-order valence-electron chi connectivity index (χ3n) is 1.56. The zero-order chi connectivity index (χ0) is 7.72. The minimum Gasteiger partial charge on any atom is -0.335 e. The van der Waals surface area contributed by atoms with Gasteiger partial charge in [0.25, 0.3) is 0 Å². The van der Waals surface area contributed by atoms with E-state index in [2.05, 4.69) is 4.98 Å². The van der Waals surface area contributed by atoms with Crippen LogP contribution in [0.2, 0.25) is 0 Å². The van der Waals surface area contributed by atoms with Crippen molar-refractivity contribution in [3.8, 4) is 0 Å². The predicted octanol–water partition coefficient (Wildman–Crippen LogP) is 1.22. The summed E-state index contributed by atoms with van der Waals surface area (Å²) in [6, 6.07) is 0. The number of nitrogens with zero attached hydrogens (tertiary/aromatic N) is 2. The third kappa shape index (κ3) is 1.04. The van der Waals surface area contributed by atoms with Crippen molar-refractivity contribution in [1.29, 1.82) is 0 Å². The van der Waals surface area contributed by atoms with Gasteiger partial charge in [-0.25, -0.2) is 10.1 Å². The fourth-order valence-electron chi connectivity index (χ4n) is 1.14. The molecule has 0 aliphatic carbocycles. The number of aryl methyl sites for hydroxylation is 2. The van der Waals surface area contributed by atoms with E-state index in [-0.39, 0.29) is 0 Å². The van der Waals surface area contributed by atoms with E-state index >= 15 is 0 Å². The fraction of sp³-hybridized carbons (Fsp3) is 0.571. The van der Waals surface area contributed by atoms with Crippen molar-refractivity contribution in [1.82, 2.24) is 9.55 Å². The minimum atomic E-state index is -0.674. The first kappa shape index (κ1) is 7.28. The van der Waals surface area contributed by atoms with Crippen molar-refractivity contribution >= 4 is 0 Å². The highest BCUT2D eigenvalue weighted by Gasteiger charge is 2.10. The second-order valence-corrected chi connectivity index (χ2v) is 2.47. The van der Waals surface area contributed by atoms with Gasteiger partial charge in [-0.15, -0.1) is 0 Å². The summed E-state index contributed by atoms with van der Waals surface area (Å²) in [5.74, 6) is 0. The molecule has 0 N–H and O–H groups in total. The normalized spacial score (nSPS) is 13.6. The van der Waals surface area contributed by atoms with E-state index in [9.17, 15) is 5.11 Å². The predicted molar refractivity (Wildman–Crippen MR) is 37.0 cm³/mol. The van der Waals surface area contributed by atoms with Crippen LogP contribution in [0.4, 0.5) is 0 Å². The zero-order valence-electron chi connectivity index (χ0n) is 6.46. The molecule has 1 radical (unpaired) electrons. The maximum Gasteiger partial charge on any atom is 0.132 e. The van der Waals surface area contributed by atoms with Crippen LogP contribution < -0.4 is 0 Å². The maximum absolute atomic E-state index is 11.0. The SMILES string of the molecule is Cc1ncn(C)c1C(C)[O]. The Bertz CT molecular complexity index is 208. The molecule has 1 unspecified atom stereocenters. The lowest BCUT2D eigenvalue weighted by molar-refractivity contribution is 0.0992. The van der Waals surface area contributed by atoms with Crippen molar-refractivity contribution in [2.45, 2.75) is 20.0 Å². The zero-order valence-corrected chi connectivity index (χ0v) is 6.46. The third-order valence-corrected chi connectivity index (χ3v) is 1.56. The van der Waals surface area contributed by atoms with Crippen LogP contribution in [-0.2, 0) is 12.2 Å². The monoisotopic (exact) mass is 139 g/mol. The molecule has 1 heterocycles. The Labute approximate surface area is 60.3 Å². The molecule has 1 rings (SSSR count). The van der Waals surface area contributed by atoms with E-state index in [0.29, 0.717) is 0 Å². The van der Waals surface area contributed by atoms with Crippen LogP contribution in [0, 0.1) is 6.92 Å². The molecule has 0 saturated heterocycles. The second kappa shape index (κ2) is 2.42. The lowest BCUT2D eigenvalue weighted by atomic mass is 10.2. The first-order chi connectivity index (χ1) is 4.63. The van der Waals surface area contributed by atoms with E-state index in [1.165, 1.54) is 0 Å². The fourth-order valence-corrected chi connectivity index (χ4v) is 1.14. The van der Waals surface area contributed by atoms with Gasteiger partial charge in [0.15, 0.2) is 0 Å². The van der Waals surface area contributed by atoms with Crippen LogP contribution in [0.1, 0.15) is 24.4 Å².